The molecule has 0 aromatic heterocycles. The Kier molecular flexibility index (Phi) is 3.82. The van der Waals surface area contributed by atoms with Crippen LogP contribution in [0, 0.1) is 0 Å². The Hall–Kier alpha value is -2.24. The van der Waals surface area contributed by atoms with Crippen molar-refractivity contribution in [3.63, 3.8) is 0 Å². The lowest BCUT2D eigenvalue weighted by Crippen LogP contribution is -2.22. The third kappa shape index (κ3) is 2.60. The van der Waals surface area contributed by atoms with E-state index in [2.05, 4.69) is 41.5 Å². The monoisotopic (exact) mass is 338 g/mol. The summed E-state index contributed by atoms with van der Waals surface area (Å²) >= 11 is 1.78. The Morgan fingerprint density at radius 3 is 2.58 bits per heavy atom. The summed E-state index contributed by atoms with van der Waals surface area (Å²) in [5.41, 5.74) is 5.17. The summed E-state index contributed by atoms with van der Waals surface area (Å²) in [6.45, 7) is 1.84. The van der Waals surface area contributed by atoms with Gasteiger partial charge in [0.2, 0.25) is 0 Å². The van der Waals surface area contributed by atoms with Crippen LogP contribution in [0.1, 0.15) is 11.1 Å². The number of rotatable bonds is 1. The van der Waals surface area contributed by atoms with E-state index in [1.807, 2.05) is 18.2 Å². The van der Waals surface area contributed by atoms with E-state index in [1.54, 1.807) is 18.8 Å². The lowest BCUT2D eigenvalue weighted by atomic mass is 9.97. The van der Waals surface area contributed by atoms with E-state index in [9.17, 15) is 4.79 Å². The summed E-state index contributed by atoms with van der Waals surface area (Å²) in [5.74, 6) is 0.570. The number of nitrogens with zero attached hydrogens (tertiary/aromatic N) is 1. The van der Waals surface area contributed by atoms with Gasteiger partial charge in [-0.3, -0.25) is 4.90 Å². The predicted molar refractivity (Wildman–Crippen MR) is 96.4 cm³/mol. The molecule has 0 aliphatic carbocycles. The lowest BCUT2D eigenvalue weighted by Gasteiger charge is -2.14. The number of nitrogens with one attached hydrogen (secondary N) is 1. The molecule has 0 spiro atoms. The lowest BCUT2D eigenvalue weighted by molar-refractivity contribution is 0.203. The quantitative estimate of drug-likeness (QED) is 0.860. The normalized spacial score (nSPS) is 16.1. The number of hydrogen-bond acceptors (Lipinski definition) is 4. The molecule has 4 nitrogen and oxygen atoms in total. The molecule has 5 heteroatoms. The van der Waals surface area contributed by atoms with E-state index in [-0.39, 0.29) is 0 Å². The maximum atomic E-state index is 11.5. The van der Waals surface area contributed by atoms with Crippen LogP contribution < -0.4 is 10.1 Å². The molecule has 0 fully saturated rings. The first-order valence-electron chi connectivity index (χ1n) is 7.87. The maximum absolute atomic E-state index is 11.5. The second-order valence-electron chi connectivity index (χ2n) is 6.03. The molecule has 0 radical (unpaired) electrons. The zero-order valence-electron chi connectivity index (χ0n) is 13.6. The molecule has 0 unspecified atom stereocenters. The van der Waals surface area contributed by atoms with Gasteiger partial charge in [0.15, 0.2) is 0 Å². The Morgan fingerprint density at radius 2 is 1.79 bits per heavy atom. The highest BCUT2D eigenvalue weighted by molar-refractivity contribution is 7.99. The fourth-order valence-corrected chi connectivity index (χ4v) is 4.37. The number of hydrogen-bond donors (Lipinski definition) is 1. The van der Waals surface area contributed by atoms with Crippen molar-refractivity contribution in [3.8, 4) is 5.75 Å². The first kappa shape index (κ1) is 15.3. The zero-order valence-corrected chi connectivity index (χ0v) is 14.4. The van der Waals surface area contributed by atoms with Crippen LogP contribution in [-0.4, -0.2) is 38.2 Å². The first-order valence-corrected chi connectivity index (χ1v) is 8.69. The molecule has 2 aliphatic rings. The van der Waals surface area contributed by atoms with Crippen LogP contribution in [0.15, 0.2) is 52.3 Å². The van der Waals surface area contributed by atoms with Crippen molar-refractivity contribution in [2.24, 2.45) is 0 Å². The van der Waals surface area contributed by atoms with E-state index in [0.717, 1.165) is 18.7 Å². The second-order valence-corrected chi connectivity index (χ2v) is 7.11. The first-order chi connectivity index (χ1) is 11.7. The molecule has 2 aliphatic heterocycles. The minimum Gasteiger partial charge on any atom is -0.410 e. The van der Waals surface area contributed by atoms with Gasteiger partial charge in [0.25, 0.3) is 0 Å². The van der Waals surface area contributed by atoms with Gasteiger partial charge < -0.3 is 10.1 Å². The summed E-state index contributed by atoms with van der Waals surface area (Å²) in [6.07, 6.45) is -0.447. The molecule has 0 saturated heterocycles. The fourth-order valence-electron chi connectivity index (χ4n) is 3.26. The van der Waals surface area contributed by atoms with E-state index < -0.39 is 6.09 Å². The van der Waals surface area contributed by atoms with Gasteiger partial charge in [-0.15, -0.1) is 0 Å². The summed E-state index contributed by atoms with van der Waals surface area (Å²) in [6, 6.07) is 14.4. The molecular weight excluding hydrogens is 320 g/mol. The molecule has 2 heterocycles. The number of likely N-dealkylation sites (N-methyl/N-ethyl adjacent to an activating group) is 1. The minimum atomic E-state index is -0.447. The molecular formula is C19H18N2O2S. The number of carbonyl (C=O) groups is 1. The van der Waals surface area contributed by atoms with Crippen molar-refractivity contribution in [1.29, 1.82) is 0 Å². The molecule has 0 saturated carbocycles. The Bertz CT molecular complexity index is 860. The van der Waals surface area contributed by atoms with Crippen LogP contribution in [0.3, 0.4) is 0 Å². The Morgan fingerprint density at radius 1 is 1.08 bits per heavy atom. The summed E-state index contributed by atoms with van der Waals surface area (Å²) < 4.78 is 5.33. The average Bonchev–Trinajstić information content (AvgIpc) is 2.92. The van der Waals surface area contributed by atoms with E-state index >= 15 is 0 Å². The Labute approximate surface area is 145 Å². The van der Waals surface area contributed by atoms with Gasteiger partial charge in [0.05, 0.1) is 0 Å². The van der Waals surface area contributed by atoms with Gasteiger partial charge in [-0.2, -0.15) is 0 Å². The van der Waals surface area contributed by atoms with Crippen molar-refractivity contribution in [2.45, 2.75) is 9.79 Å². The number of fused-ring (bicyclic) bond motifs is 4. The Balaban J connectivity index is 1.86. The van der Waals surface area contributed by atoms with Crippen molar-refractivity contribution >= 4 is 29.0 Å². The average molecular weight is 338 g/mol. The highest BCUT2D eigenvalue weighted by Gasteiger charge is 2.28. The van der Waals surface area contributed by atoms with E-state index in [1.165, 1.54) is 26.5 Å². The van der Waals surface area contributed by atoms with Crippen molar-refractivity contribution < 1.29 is 9.53 Å². The van der Waals surface area contributed by atoms with Gasteiger partial charge in [-0.05, 0) is 53.6 Å². The van der Waals surface area contributed by atoms with Crippen LogP contribution in [-0.2, 0) is 0 Å². The smallest absolute Gasteiger partial charge is 0.410 e. The van der Waals surface area contributed by atoms with Crippen LogP contribution in [0.4, 0.5) is 4.79 Å². The van der Waals surface area contributed by atoms with E-state index in [4.69, 9.17) is 4.74 Å². The third-order valence-electron chi connectivity index (χ3n) is 4.34. The van der Waals surface area contributed by atoms with Crippen LogP contribution in [0.25, 0.3) is 11.1 Å². The van der Waals surface area contributed by atoms with Gasteiger partial charge in [0, 0.05) is 29.9 Å². The van der Waals surface area contributed by atoms with Gasteiger partial charge in [0.1, 0.15) is 5.75 Å². The molecule has 24 heavy (non-hydrogen) atoms. The van der Waals surface area contributed by atoms with Crippen LogP contribution in [0.5, 0.6) is 5.75 Å². The van der Waals surface area contributed by atoms with Gasteiger partial charge in [-0.25, -0.2) is 4.79 Å². The van der Waals surface area contributed by atoms with Crippen molar-refractivity contribution in [2.75, 3.05) is 27.2 Å². The number of carbonyl (C=O) groups excluding carboxylic acids is 1. The van der Waals surface area contributed by atoms with Crippen LogP contribution in [0.2, 0.25) is 0 Å². The topological polar surface area (TPSA) is 41.6 Å². The second kappa shape index (κ2) is 6.00. The molecule has 2 aromatic rings. The molecule has 0 atom stereocenters. The van der Waals surface area contributed by atoms with Crippen LogP contribution >= 0.6 is 11.8 Å². The molecule has 1 N–H and O–H groups in total. The fraction of sp³-hybridized carbons (Fsp3) is 0.211. The summed E-state index contributed by atoms with van der Waals surface area (Å²) in [4.78, 5) is 16.3. The van der Waals surface area contributed by atoms with Gasteiger partial charge >= 0.3 is 6.09 Å². The van der Waals surface area contributed by atoms with Crippen molar-refractivity contribution in [3.05, 3.63) is 53.6 Å². The SMILES string of the molecule is CNC(=O)Oc1ccc2c(c1)C1=C(CN(C)C1)c1ccccc1S2. The third-order valence-corrected chi connectivity index (χ3v) is 5.50. The highest BCUT2D eigenvalue weighted by Crippen LogP contribution is 2.47. The minimum absolute atomic E-state index is 0.447. The summed E-state index contributed by atoms with van der Waals surface area (Å²) in [5, 5.41) is 2.49. The molecule has 1 amide bonds. The largest absolute Gasteiger partial charge is 0.412 e. The van der Waals surface area contributed by atoms with Crippen molar-refractivity contribution in [1.82, 2.24) is 10.2 Å². The zero-order chi connectivity index (χ0) is 16.7. The number of ether oxygens (including phenoxy) is 1. The summed E-state index contributed by atoms with van der Waals surface area (Å²) in [7, 11) is 3.69. The van der Waals surface area contributed by atoms with E-state index in [0.29, 0.717) is 5.75 Å². The molecule has 122 valence electrons. The molecule has 2 aromatic carbocycles. The maximum Gasteiger partial charge on any atom is 0.412 e. The standard InChI is InChI=1S/C19H18N2O2S/c1-20-19(22)23-12-7-8-18-14(9-12)16-11-21(2)10-15(16)13-5-3-4-6-17(13)24-18/h3-9H,10-11H2,1-2H3,(H,20,22). The number of amides is 1. The predicted octanol–water partition coefficient (Wildman–Crippen LogP) is 3.73. The highest BCUT2D eigenvalue weighted by atomic mass is 32.2. The molecule has 4 rings (SSSR count). The molecule has 0 bridgehead atoms. The number of benzene rings is 2. The van der Waals surface area contributed by atoms with Gasteiger partial charge in [-0.1, -0.05) is 30.0 Å².